The molecule has 0 radical (unpaired) electrons. The number of hydrogen-bond acceptors (Lipinski definition) is 2. The van der Waals surface area contributed by atoms with Crippen molar-refractivity contribution in [3.8, 4) is 11.8 Å². The first-order chi connectivity index (χ1) is 13.5. The van der Waals surface area contributed by atoms with Crippen molar-refractivity contribution >= 4 is 66.7 Å². The summed E-state index contributed by atoms with van der Waals surface area (Å²) in [5, 5.41) is 10.5. The van der Waals surface area contributed by atoms with Crippen molar-refractivity contribution in [1.82, 2.24) is 0 Å². The van der Waals surface area contributed by atoms with Gasteiger partial charge >= 0.3 is 0 Å². The third-order valence-electron chi connectivity index (χ3n) is 3.94. The van der Waals surface area contributed by atoms with E-state index in [-0.39, 0.29) is 0 Å². The molecule has 2 nitrogen and oxygen atoms in total. The van der Waals surface area contributed by atoms with Gasteiger partial charge in [-0.2, -0.15) is 5.26 Å². The molecule has 140 valence electrons. The summed E-state index contributed by atoms with van der Waals surface area (Å²) in [6.07, 6.45) is 1.78. The van der Waals surface area contributed by atoms with Crippen LogP contribution in [0.25, 0.3) is 11.6 Å². The number of ether oxygens (including phenoxy) is 1. The van der Waals surface area contributed by atoms with Crippen LogP contribution in [-0.2, 0) is 6.61 Å². The van der Waals surface area contributed by atoms with Gasteiger partial charge in [-0.25, -0.2) is 0 Å². The Morgan fingerprint density at radius 1 is 1.00 bits per heavy atom. The zero-order valence-corrected chi connectivity index (χ0v) is 19.1. The Balaban J connectivity index is 1.74. The normalized spacial score (nSPS) is 11.2. The van der Waals surface area contributed by atoms with Gasteiger partial charge in [-0.3, -0.25) is 0 Å². The van der Waals surface area contributed by atoms with Gasteiger partial charge in [-0.1, -0.05) is 79.3 Å². The molecule has 0 aromatic heterocycles. The maximum atomic E-state index is 9.50. The van der Waals surface area contributed by atoms with Crippen LogP contribution in [0.2, 0.25) is 10.0 Å². The summed E-state index contributed by atoms with van der Waals surface area (Å²) in [5.74, 6) is 0.745. The van der Waals surface area contributed by atoms with Crippen molar-refractivity contribution in [2.45, 2.75) is 6.61 Å². The fourth-order valence-electron chi connectivity index (χ4n) is 2.50. The Labute approximate surface area is 190 Å². The highest BCUT2D eigenvalue weighted by atomic mass is 79.9. The maximum Gasteiger partial charge on any atom is 0.119 e. The molecule has 0 atom stereocenters. The van der Waals surface area contributed by atoms with Crippen molar-refractivity contribution in [2.75, 3.05) is 0 Å². The quantitative estimate of drug-likeness (QED) is 0.243. The Morgan fingerprint density at radius 2 is 1.75 bits per heavy atom. The Hall–Kier alpha value is -1.77. The van der Waals surface area contributed by atoms with Crippen LogP contribution >= 0.6 is 55.1 Å². The molecule has 0 bridgehead atoms. The zero-order chi connectivity index (χ0) is 20.1. The number of hydrogen-bond donors (Lipinski definition) is 0. The van der Waals surface area contributed by atoms with E-state index in [1.165, 1.54) is 0 Å². The minimum atomic E-state index is 0.445. The van der Waals surface area contributed by atoms with Crippen LogP contribution in [0.3, 0.4) is 0 Å². The van der Waals surface area contributed by atoms with E-state index < -0.39 is 0 Å². The van der Waals surface area contributed by atoms with E-state index in [4.69, 9.17) is 27.9 Å². The molecule has 6 heteroatoms. The summed E-state index contributed by atoms with van der Waals surface area (Å²) in [4.78, 5) is 0. The summed E-state index contributed by atoms with van der Waals surface area (Å²) >= 11 is 19.1. The Bertz CT molecular complexity index is 1070. The van der Waals surface area contributed by atoms with Gasteiger partial charge in [0.2, 0.25) is 0 Å². The molecule has 0 saturated carbocycles. The molecule has 3 aromatic rings. The van der Waals surface area contributed by atoms with Gasteiger partial charge in [-0.05, 0) is 48.0 Å². The largest absolute Gasteiger partial charge is 0.489 e. The molecule has 0 aliphatic carbocycles. The van der Waals surface area contributed by atoms with E-state index in [1.54, 1.807) is 24.3 Å². The van der Waals surface area contributed by atoms with Gasteiger partial charge in [0.25, 0.3) is 0 Å². The average Bonchev–Trinajstić information content (AvgIpc) is 2.67. The topological polar surface area (TPSA) is 33.0 Å². The summed E-state index contributed by atoms with van der Waals surface area (Å²) in [6.45, 7) is 0.451. The molecule has 3 rings (SSSR count). The highest BCUT2D eigenvalue weighted by Crippen LogP contribution is 2.29. The molecule has 0 unspecified atom stereocenters. The molecule has 0 amide bonds. The molecule has 0 aliphatic heterocycles. The highest BCUT2D eigenvalue weighted by Gasteiger charge is 2.07. The van der Waals surface area contributed by atoms with Crippen molar-refractivity contribution in [2.24, 2.45) is 0 Å². The van der Waals surface area contributed by atoms with Crippen molar-refractivity contribution in [3.05, 3.63) is 96.3 Å². The van der Waals surface area contributed by atoms with Crippen LogP contribution in [-0.4, -0.2) is 0 Å². The fraction of sp³-hybridized carbons (Fsp3) is 0.0455. The number of nitriles is 1. The third kappa shape index (κ3) is 5.40. The first-order valence-corrected chi connectivity index (χ1v) is 10.5. The van der Waals surface area contributed by atoms with Crippen LogP contribution in [0.5, 0.6) is 5.75 Å². The van der Waals surface area contributed by atoms with Crippen LogP contribution < -0.4 is 4.74 Å². The smallest absolute Gasteiger partial charge is 0.119 e. The van der Waals surface area contributed by atoms with Gasteiger partial charge in [0.05, 0.1) is 16.7 Å². The van der Waals surface area contributed by atoms with Crippen LogP contribution in [0, 0.1) is 11.3 Å². The minimum absolute atomic E-state index is 0.445. The predicted molar refractivity (Wildman–Crippen MR) is 123 cm³/mol. The van der Waals surface area contributed by atoms with Gasteiger partial charge in [0, 0.05) is 25.1 Å². The summed E-state index contributed by atoms with van der Waals surface area (Å²) in [5.41, 5.74) is 3.04. The molecular weight excluding hydrogens is 525 g/mol. The number of halogens is 4. The minimum Gasteiger partial charge on any atom is -0.489 e. The third-order valence-corrected chi connectivity index (χ3v) is 5.72. The second-order valence-corrected chi connectivity index (χ2v) is 8.50. The lowest BCUT2D eigenvalue weighted by atomic mass is 10.0. The van der Waals surface area contributed by atoms with E-state index in [9.17, 15) is 5.26 Å². The first kappa shape index (κ1) is 21.0. The van der Waals surface area contributed by atoms with Crippen LogP contribution in [0.1, 0.15) is 16.7 Å². The lowest BCUT2D eigenvalue weighted by Gasteiger charge is -2.09. The van der Waals surface area contributed by atoms with Crippen molar-refractivity contribution < 1.29 is 4.74 Å². The van der Waals surface area contributed by atoms with Gasteiger partial charge in [0.1, 0.15) is 12.4 Å². The highest BCUT2D eigenvalue weighted by molar-refractivity contribution is 9.11. The summed E-state index contributed by atoms with van der Waals surface area (Å²) < 4.78 is 7.84. The second kappa shape index (κ2) is 9.62. The molecule has 3 aromatic carbocycles. The second-order valence-electron chi connectivity index (χ2n) is 5.89. The monoisotopic (exact) mass is 535 g/mol. The van der Waals surface area contributed by atoms with Crippen LogP contribution in [0.15, 0.2) is 69.6 Å². The fourth-order valence-corrected chi connectivity index (χ4v) is 4.18. The van der Waals surface area contributed by atoms with E-state index >= 15 is 0 Å². The van der Waals surface area contributed by atoms with Gasteiger partial charge < -0.3 is 4.74 Å². The van der Waals surface area contributed by atoms with E-state index in [1.807, 2.05) is 42.5 Å². The van der Waals surface area contributed by atoms with Gasteiger partial charge in [-0.15, -0.1) is 0 Å². The van der Waals surface area contributed by atoms with E-state index in [0.717, 1.165) is 25.8 Å². The maximum absolute atomic E-state index is 9.50. The van der Waals surface area contributed by atoms with Gasteiger partial charge in [0.15, 0.2) is 0 Å². The van der Waals surface area contributed by atoms with Crippen molar-refractivity contribution in [1.29, 1.82) is 5.26 Å². The molecule has 0 heterocycles. The molecule has 0 fully saturated rings. The summed E-state index contributed by atoms with van der Waals surface area (Å²) in [7, 11) is 0. The lowest BCUT2D eigenvalue weighted by molar-refractivity contribution is 0.305. The molecular formula is C22H13Br2Cl2NO. The SMILES string of the molecule is N#C/C(=C/c1ccc(OCc2ccc(Br)cc2Br)cc1)c1ccc(Cl)cc1Cl. The Morgan fingerprint density at radius 3 is 2.39 bits per heavy atom. The predicted octanol–water partition coefficient (Wildman–Crippen LogP) is 8.16. The molecule has 0 saturated heterocycles. The zero-order valence-electron chi connectivity index (χ0n) is 14.4. The lowest BCUT2D eigenvalue weighted by Crippen LogP contribution is -1.96. The number of nitrogens with zero attached hydrogens (tertiary/aromatic N) is 1. The average molecular weight is 538 g/mol. The molecule has 0 aliphatic rings. The number of benzene rings is 3. The van der Waals surface area contributed by atoms with E-state index in [2.05, 4.69) is 37.9 Å². The standard InChI is InChI=1S/C22H13Br2Cl2NO/c23-17-4-3-15(21(24)10-17)13-28-19-6-1-14(2-7-19)9-16(12-27)20-8-5-18(25)11-22(20)26/h1-11H,13H2/b16-9-. The van der Waals surface area contributed by atoms with Crippen LogP contribution in [0.4, 0.5) is 0 Å². The summed E-state index contributed by atoms with van der Waals surface area (Å²) in [6, 6.07) is 20.8. The Kier molecular flexibility index (Phi) is 7.20. The first-order valence-electron chi connectivity index (χ1n) is 8.20. The molecule has 0 spiro atoms. The van der Waals surface area contributed by atoms with Crippen molar-refractivity contribution in [3.63, 3.8) is 0 Å². The van der Waals surface area contributed by atoms with E-state index in [0.29, 0.717) is 27.8 Å². The molecule has 28 heavy (non-hydrogen) atoms. The number of allylic oxidation sites excluding steroid dienone is 1. The number of rotatable bonds is 5. The molecule has 0 N–H and O–H groups in total.